The Bertz CT molecular complexity index is 1300. The molecule has 0 saturated heterocycles. The predicted molar refractivity (Wildman–Crippen MR) is 120 cm³/mol. The topological polar surface area (TPSA) is 77.8 Å². The van der Waals surface area contributed by atoms with E-state index >= 15 is 0 Å². The number of ether oxygens (including phenoxy) is 2. The van der Waals surface area contributed by atoms with Crippen LogP contribution < -0.4 is 10.1 Å². The molecule has 0 spiro atoms. The van der Waals surface area contributed by atoms with E-state index in [2.05, 4.69) is 5.32 Å². The van der Waals surface area contributed by atoms with E-state index in [1.54, 1.807) is 20.1 Å². The molecule has 31 heavy (non-hydrogen) atoms. The van der Waals surface area contributed by atoms with Crippen LogP contribution in [-0.4, -0.2) is 25.1 Å². The number of aryl methyl sites for hydroxylation is 2. The van der Waals surface area contributed by atoms with Crippen molar-refractivity contribution in [2.24, 2.45) is 0 Å². The van der Waals surface area contributed by atoms with Crippen LogP contribution >= 0.6 is 11.3 Å². The van der Waals surface area contributed by atoms with E-state index in [0.717, 1.165) is 35.6 Å². The average Bonchev–Trinajstić information content (AvgIpc) is 3.45. The number of amides is 1. The molecule has 4 aromatic rings. The zero-order valence-corrected chi connectivity index (χ0v) is 18.0. The van der Waals surface area contributed by atoms with Gasteiger partial charge in [-0.15, -0.1) is 11.3 Å². The van der Waals surface area contributed by atoms with Gasteiger partial charge in [0.25, 0.3) is 5.91 Å². The van der Waals surface area contributed by atoms with Gasteiger partial charge in [0.1, 0.15) is 21.8 Å². The molecule has 2 aromatic heterocycles. The lowest BCUT2D eigenvalue weighted by Gasteiger charge is -2.15. The number of furan rings is 1. The highest BCUT2D eigenvalue weighted by Crippen LogP contribution is 2.36. The van der Waals surface area contributed by atoms with Crippen LogP contribution in [0.3, 0.4) is 0 Å². The Morgan fingerprint density at radius 2 is 1.94 bits per heavy atom. The molecule has 1 aliphatic rings. The number of thiophene rings is 1. The van der Waals surface area contributed by atoms with Crippen LogP contribution in [-0.2, 0) is 22.4 Å². The lowest BCUT2D eigenvalue weighted by Crippen LogP contribution is -2.30. The molecule has 0 fully saturated rings. The van der Waals surface area contributed by atoms with Gasteiger partial charge in [-0.1, -0.05) is 18.2 Å². The summed E-state index contributed by atoms with van der Waals surface area (Å²) >= 11 is 1.46. The summed E-state index contributed by atoms with van der Waals surface area (Å²) in [6.07, 6.45) is 2.18. The van der Waals surface area contributed by atoms with Gasteiger partial charge in [-0.05, 0) is 49.9 Å². The smallest absolute Gasteiger partial charge is 0.349 e. The van der Waals surface area contributed by atoms with Gasteiger partial charge in [-0.25, -0.2) is 4.79 Å². The first-order valence-electron chi connectivity index (χ1n) is 10.2. The maximum absolute atomic E-state index is 12.7. The van der Waals surface area contributed by atoms with E-state index in [1.165, 1.54) is 21.8 Å². The summed E-state index contributed by atoms with van der Waals surface area (Å²) in [5.41, 5.74) is 3.07. The number of hydrogen-bond acceptors (Lipinski definition) is 6. The van der Waals surface area contributed by atoms with Gasteiger partial charge in [0.05, 0.1) is 12.8 Å². The second kappa shape index (κ2) is 7.74. The third kappa shape index (κ3) is 3.55. The fourth-order valence-corrected chi connectivity index (χ4v) is 5.09. The lowest BCUT2D eigenvalue weighted by atomic mass is 10.1. The van der Waals surface area contributed by atoms with Crippen molar-refractivity contribution < 1.29 is 23.5 Å². The van der Waals surface area contributed by atoms with Gasteiger partial charge < -0.3 is 19.2 Å². The van der Waals surface area contributed by atoms with Crippen LogP contribution in [0.2, 0.25) is 0 Å². The number of carbonyl (C=O) groups excluding carboxylic acids is 2. The van der Waals surface area contributed by atoms with E-state index in [0.29, 0.717) is 21.9 Å². The Labute approximate surface area is 182 Å². The molecule has 1 N–H and O–H groups in total. The van der Waals surface area contributed by atoms with Gasteiger partial charge in [0.2, 0.25) is 0 Å². The summed E-state index contributed by atoms with van der Waals surface area (Å²) in [5.74, 6) is -0.409. The molecule has 2 aromatic carbocycles. The number of fused-ring (bicyclic) bond motifs is 4. The third-order valence-corrected chi connectivity index (χ3v) is 6.77. The molecule has 1 unspecified atom stereocenters. The molecular weight excluding hydrogens is 414 g/mol. The third-order valence-electron chi connectivity index (χ3n) is 5.56. The first-order chi connectivity index (χ1) is 15.0. The van der Waals surface area contributed by atoms with E-state index in [-0.39, 0.29) is 0 Å². The maximum Gasteiger partial charge on any atom is 0.349 e. The lowest BCUT2D eigenvalue weighted by molar-refractivity contribution is -0.123. The molecule has 2 heterocycles. The van der Waals surface area contributed by atoms with Crippen molar-refractivity contribution in [2.75, 3.05) is 12.4 Å². The minimum Gasteiger partial charge on any atom is -0.495 e. The molecule has 0 radical (unpaired) electrons. The van der Waals surface area contributed by atoms with Crippen molar-refractivity contribution in [3.63, 3.8) is 0 Å². The number of benzene rings is 2. The largest absolute Gasteiger partial charge is 0.495 e. The van der Waals surface area contributed by atoms with Gasteiger partial charge >= 0.3 is 5.97 Å². The van der Waals surface area contributed by atoms with Crippen LogP contribution in [0.5, 0.6) is 5.75 Å². The van der Waals surface area contributed by atoms with Crippen molar-refractivity contribution in [3.05, 3.63) is 57.8 Å². The van der Waals surface area contributed by atoms with Crippen molar-refractivity contribution in [1.29, 1.82) is 0 Å². The van der Waals surface area contributed by atoms with Gasteiger partial charge in [0.15, 0.2) is 6.10 Å². The van der Waals surface area contributed by atoms with E-state index < -0.39 is 18.0 Å². The fourth-order valence-electron chi connectivity index (χ4n) is 3.95. The number of nitrogens with one attached hydrogen (secondary N) is 1. The Balaban J connectivity index is 1.34. The number of methoxy groups -OCH3 is 1. The number of hydrogen-bond donors (Lipinski definition) is 1. The summed E-state index contributed by atoms with van der Waals surface area (Å²) in [5, 5.41) is 4.67. The van der Waals surface area contributed by atoms with E-state index in [4.69, 9.17) is 13.9 Å². The van der Waals surface area contributed by atoms with Crippen LogP contribution in [0.4, 0.5) is 5.69 Å². The van der Waals surface area contributed by atoms with Crippen LogP contribution in [0.15, 0.2) is 46.9 Å². The first-order valence-corrected chi connectivity index (χ1v) is 11.0. The molecule has 1 aliphatic carbocycles. The second-order valence-corrected chi connectivity index (χ2v) is 8.73. The molecule has 0 bridgehead atoms. The summed E-state index contributed by atoms with van der Waals surface area (Å²) in [6, 6.07) is 13.2. The van der Waals surface area contributed by atoms with Crippen LogP contribution in [0, 0.1) is 0 Å². The van der Waals surface area contributed by atoms with E-state index in [1.807, 2.05) is 36.4 Å². The SMILES string of the molecule is COc1cc2c(cc1NC(=O)C(C)OC(=O)c1cc3c(s1)CCC3)oc1ccccc12. The summed E-state index contributed by atoms with van der Waals surface area (Å²) in [7, 11) is 1.54. The monoisotopic (exact) mass is 435 g/mol. The standard InChI is InChI=1S/C24H21NO5S/c1-13(29-24(27)22-10-14-6-5-9-21(14)31-22)23(26)25-17-12-19-16(11-20(17)28-2)15-7-3-4-8-18(15)30-19/h3-4,7-8,10-13H,5-6,9H2,1-2H3,(H,25,26). The maximum atomic E-state index is 12.7. The summed E-state index contributed by atoms with van der Waals surface area (Å²) in [4.78, 5) is 27.0. The number of rotatable bonds is 5. The first kappa shape index (κ1) is 19.6. The van der Waals surface area contributed by atoms with Gasteiger partial charge in [0, 0.05) is 21.7 Å². The molecule has 1 amide bonds. The van der Waals surface area contributed by atoms with Crippen molar-refractivity contribution in [3.8, 4) is 5.75 Å². The Kier molecular flexibility index (Phi) is 4.90. The molecule has 7 heteroatoms. The number of carbonyl (C=O) groups is 2. The normalized spacial score (nSPS) is 13.9. The molecule has 6 nitrogen and oxygen atoms in total. The number of esters is 1. The second-order valence-electron chi connectivity index (χ2n) is 7.60. The van der Waals surface area contributed by atoms with Gasteiger partial charge in [-0.3, -0.25) is 4.79 Å². The molecule has 5 rings (SSSR count). The van der Waals surface area contributed by atoms with Crippen LogP contribution in [0.25, 0.3) is 21.9 Å². The molecule has 158 valence electrons. The number of anilines is 1. The fraction of sp³-hybridized carbons (Fsp3) is 0.250. The summed E-state index contributed by atoms with van der Waals surface area (Å²) < 4.78 is 16.8. The zero-order chi connectivity index (χ0) is 21.5. The highest BCUT2D eigenvalue weighted by Gasteiger charge is 2.24. The highest BCUT2D eigenvalue weighted by molar-refractivity contribution is 7.14. The van der Waals surface area contributed by atoms with Crippen molar-refractivity contribution in [1.82, 2.24) is 0 Å². The minimum atomic E-state index is -0.958. The molecule has 0 saturated carbocycles. The van der Waals surface area contributed by atoms with Crippen LogP contribution in [0.1, 0.15) is 33.5 Å². The average molecular weight is 436 g/mol. The van der Waals surface area contributed by atoms with Gasteiger partial charge in [-0.2, -0.15) is 0 Å². The molecular formula is C24H21NO5S. The minimum absolute atomic E-state index is 0.439. The predicted octanol–water partition coefficient (Wildman–Crippen LogP) is 5.33. The molecule has 1 atom stereocenters. The zero-order valence-electron chi connectivity index (χ0n) is 17.2. The Hall–Kier alpha value is -3.32. The number of para-hydroxylation sites is 1. The Morgan fingerprint density at radius 3 is 2.74 bits per heavy atom. The molecule has 0 aliphatic heterocycles. The Morgan fingerprint density at radius 1 is 1.10 bits per heavy atom. The van der Waals surface area contributed by atoms with Crippen molar-refractivity contribution >= 4 is 50.8 Å². The highest BCUT2D eigenvalue weighted by atomic mass is 32.1. The van der Waals surface area contributed by atoms with Crippen molar-refractivity contribution in [2.45, 2.75) is 32.3 Å². The quantitative estimate of drug-likeness (QED) is 0.429. The summed E-state index contributed by atoms with van der Waals surface area (Å²) in [6.45, 7) is 1.56. The van der Waals surface area contributed by atoms with E-state index in [9.17, 15) is 9.59 Å².